The quantitative estimate of drug-likeness (QED) is 0.502. The molecule has 0 radical (unpaired) electrons. The summed E-state index contributed by atoms with van der Waals surface area (Å²) in [6, 6.07) is 3.95. The molecule has 1 fully saturated rings. The van der Waals surface area contributed by atoms with Crippen molar-refractivity contribution in [3.8, 4) is 0 Å². The van der Waals surface area contributed by atoms with Gasteiger partial charge in [-0.2, -0.15) is 0 Å². The van der Waals surface area contributed by atoms with Crippen molar-refractivity contribution in [1.82, 2.24) is 14.9 Å². The lowest BCUT2D eigenvalue weighted by Crippen LogP contribution is -2.31. The van der Waals surface area contributed by atoms with Gasteiger partial charge in [-0.15, -0.1) is 0 Å². The Morgan fingerprint density at radius 1 is 1.41 bits per heavy atom. The van der Waals surface area contributed by atoms with Gasteiger partial charge in [0.25, 0.3) is 5.56 Å². The van der Waals surface area contributed by atoms with Crippen LogP contribution in [0.5, 0.6) is 0 Å². The molecule has 0 atom stereocenters. The molecule has 0 saturated heterocycles. The van der Waals surface area contributed by atoms with Crippen LogP contribution in [0, 0.1) is 6.92 Å². The molecule has 1 amide bonds. The summed E-state index contributed by atoms with van der Waals surface area (Å²) in [6.45, 7) is 1.83. The number of ether oxygens (including phenoxy) is 1. The number of halogens is 1. The number of aromatic nitrogens is 2. The van der Waals surface area contributed by atoms with Crippen LogP contribution in [-0.2, 0) is 20.9 Å². The molecule has 1 aliphatic rings. The molecule has 140 valence electrons. The van der Waals surface area contributed by atoms with E-state index in [-0.39, 0.29) is 29.6 Å². The molecule has 0 unspecified atom stereocenters. The molecule has 9 heteroatoms. The summed E-state index contributed by atoms with van der Waals surface area (Å²) in [6.07, 6.45) is 1.90. The maximum Gasteiger partial charge on any atom is 0.396 e. The Morgan fingerprint density at radius 2 is 2.15 bits per heavy atom. The Balaban J connectivity index is 1.86. The number of pyridine rings is 1. The molecule has 2 aromatic heterocycles. The van der Waals surface area contributed by atoms with Gasteiger partial charge in [-0.3, -0.25) is 9.59 Å². The van der Waals surface area contributed by atoms with Gasteiger partial charge in [0.05, 0.1) is 19.2 Å². The van der Waals surface area contributed by atoms with Crippen molar-refractivity contribution in [2.75, 3.05) is 7.11 Å². The molecular weight excluding hydrogens is 418 g/mol. The zero-order valence-electron chi connectivity index (χ0n) is 14.7. The standard InChI is InChI=1S/C18H16BrN3O5/c1-8-11(19)6-5-10-14(8)22(9-3-4-9)17(24)13-15(10)27-12(21-13)7-20-16(23)18(25)26-2/h5-6,9H,3-4,7H2,1-2H3,(H,20,23). The van der Waals surface area contributed by atoms with Crippen molar-refractivity contribution in [3.63, 3.8) is 0 Å². The third-order valence-electron chi connectivity index (χ3n) is 4.63. The van der Waals surface area contributed by atoms with E-state index in [4.69, 9.17) is 4.42 Å². The van der Waals surface area contributed by atoms with E-state index in [1.807, 2.05) is 19.1 Å². The van der Waals surface area contributed by atoms with Gasteiger partial charge < -0.3 is 19.0 Å². The fourth-order valence-electron chi connectivity index (χ4n) is 3.15. The molecule has 1 aromatic carbocycles. The molecule has 3 aromatic rings. The smallest absolute Gasteiger partial charge is 0.396 e. The summed E-state index contributed by atoms with van der Waals surface area (Å²) < 4.78 is 12.8. The maximum absolute atomic E-state index is 13.1. The average Bonchev–Trinajstić information content (AvgIpc) is 3.40. The largest absolute Gasteiger partial charge is 0.462 e. The average molecular weight is 434 g/mol. The monoisotopic (exact) mass is 433 g/mol. The Hall–Kier alpha value is -2.68. The second kappa shape index (κ2) is 6.49. The summed E-state index contributed by atoms with van der Waals surface area (Å²) in [4.78, 5) is 40.1. The van der Waals surface area contributed by atoms with Crippen LogP contribution in [0.1, 0.15) is 30.3 Å². The van der Waals surface area contributed by atoms with Crippen molar-refractivity contribution in [2.45, 2.75) is 32.4 Å². The van der Waals surface area contributed by atoms with E-state index in [1.54, 1.807) is 4.57 Å². The van der Waals surface area contributed by atoms with Gasteiger partial charge >= 0.3 is 11.9 Å². The molecule has 1 N–H and O–H groups in total. The van der Waals surface area contributed by atoms with Gasteiger partial charge in [0.2, 0.25) is 5.89 Å². The van der Waals surface area contributed by atoms with E-state index in [0.717, 1.165) is 40.9 Å². The number of rotatable bonds is 3. The summed E-state index contributed by atoms with van der Waals surface area (Å²) in [5.41, 5.74) is 2.17. The minimum Gasteiger partial charge on any atom is -0.462 e. The van der Waals surface area contributed by atoms with E-state index in [1.165, 1.54) is 0 Å². The van der Waals surface area contributed by atoms with Gasteiger partial charge in [0, 0.05) is 15.9 Å². The van der Waals surface area contributed by atoms with Gasteiger partial charge in [-0.1, -0.05) is 15.9 Å². The van der Waals surface area contributed by atoms with E-state index in [2.05, 4.69) is 31.0 Å². The lowest BCUT2D eigenvalue weighted by atomic mass is 10.1. The van der Waals surface area contributed by atoms with Gasteiger partial charge in [-0.25, -0.2) is 9.78 Å². The summed E-state index contributed by atoms with van der Waals surface area (Å²) in [7, 11) is 1.12. The lowest BCUT2D eigenvalue weighted by Gasteiger charge is -2.12. The van der Waals surface area contributed by atoms with E-state index in [0.29, 0.717) is 5.58 Å². The van der Waals surface area contributed by atoms with E-state index in [9.17, 15) is 14.4 Å². The number of methoxy groups -OCH3 is 1. The Bertz CT molecular complexity index is 1160. The highest BCUT2D eigenvalue weighted by Crippen LogP contribution is 2.39. The number of nitrogens with zero attached hydrogens (tertiary/aromatic N) is 2. The topological polar surface area (TPSA) is 103 Å². The van der Waals surface area contributed by atoms with Crippen LogP contribution in [0.2, 0.25) is 0 Å². The highest BCUT2D eigenvalue weighted by molar-refractivity contribution is 9.10. The first-order valence-electron chi connectivity index (χ1n) is 8.41. The van der Waals surface area contributed by atoms with Crippen molar-refractivity contribution < 1.29 is 18.7 Å². The van der Waals surface area contributed by atoms with Crippen LogP contribution in [0.4, 0.5) is 0 Å². The minimum atomic E-state index is -1.01. The molecule has 0 bridgehead atoms. The predicted molar refractivity (Wildman–Crippen MR) is 100 cm³/mol. The molecule has 0 spiro atoms. The highest BCUT2D eigenvalue weighted by atomic mass is 79.9. The second-order valence-corrected chi connectivity index (χ2v) is 7.29. The number of esters is 1. The van der Waals surface area contributed by atoms with Crippen LogP contribution in [0.15, 0.2) is 25.8 Å². The number of fused-ring (bicyclic) bond motifs is 3. The van der Waals surface area contributed by atoms with Crippen molar-refractivity contribution in [3.05, 3.63) is 38.4 Å². The number of aryl methyl sites for hydroxylation is 1. The summed E-state index contributed by atoms with van der Waals surface area (Å²) >= 11 is 3.52. The first-order valence-corrected chi connectivity index (χ1v) is 9.20. The van der Waals surface area contributed by atoms with Crippen LogP contribution in [-0.4, -0.2) is 28.5 Å². The predicted octanol–water partition coefficient (Wildman–Crippen LogP) is 2.34. The van der Waals surface area contributed by atoms with Crippen molar-refractivity contribution in [2.24, 2.45) is 0 Å². The zero-order chi connectivity index (χ0) is 19.3. The molecular formula is C18H16BrN3O5. The summed E-state index contributed by atoms with van der Waals surface area (Å²) in [5.74, 6) is -1.76. The first kappa shape index (κ1) is 17.7. The van der Waals surface area contributed by atoms with Gasteiger partial charge in [0.15, 0.2) is 11.1 Å². The maximum atomic E-state index is 13.1. The third-order valence-corrected chi connectivity index (χ3v) is 5.49. The van der Waals surface area contributed by atoms with E-state index < -0.39 is 11.9 Å². The number of nitrogens with one attached hydrogen (secondary N) is 1. The summed E-state index contributed by atoms with van der Waals surface area (Å²) in [5, 5.41) is 3.15. The number of hydrogen-bond donors (Lipinski definition) is 1. The lowest BCUT2D eigenvalue weighted by molar-refractivity contribution is -0.152. The molecule has 4 rings (SSSR count). The van der Waals surface area contributed by atoms with Gasteiger partial charge in [0.1, 0.15) is 0 Å². The van der Waals surface area contributed by atoms with Crippen LogP contribution in [0.3, 0.4) is 0 Å². The van der Waals surface area contributed by atoms with E-state index >= 15 is 0 Å². The number of benzene rings is 1. The Kier molecular flexibility index (Phi) is 4.26. The molecule has 27 heavy (non-hydrogen) atoms. The molecule has 2 heterocycles. The number of carbonyl (C=O) groups excluding carboxylic acids is 2. The van der Waals surface area contributed by atoms with Gasteiger partial charge in [-0.05, 0) is 37.5 Å². The highest BCUT2D eigenvalue weighted by Gasteiger charge is 2.30. The number of hydrogen-bond acceptors (Lipinski definition) is 6. The number of oxazole rings is 1. The number of amides is 1. The Labute approximate surface area is 161 Å². The normalized spacial score (nSPS) is 13.9. The molecule has 1 saturated carbocycles. The molecule has 0 aliphatic heterocycles. The zero-order valence-corrected chi connectivity index (χ0v) is 16.3. The van der Waals surface area contributed by atoms with Crippen LogP contribution >= 0.6 is 15.9 Å². The number of carbonyl (C=O) groups is 2. The van der Waals surface area contributed by atoms with Crippen molar-refractivity contribution >= 4 is 49.8 Å². The SMILES string of the molecule is COC(=O)C(=O)NCc1nc2c(=O)n(C3CC3)c3c(C)c(Br)ccc3c2o1. The Morgan fingerprint density at radius 3 is 2.81 bits per heavy atom. The molecule has 8 nitrogen and oxygen atoms in total. The van der Waals surface area contributed by atoms with Crippen LogP contribution in [0.25, 0.3) is 22.0 Å². The van der Waals surface area contributed by atoms with Crippen LogP contribution < -0.4 is 10.9 Å². The third kappa shape index (κ3) is 2.91. The van der Waals surface area contributed by atoms with Crippen molar-refractivity contribution in [1.29, 1.82) is 0 Å². The minimum absolute atomic E-state index is 0.123. The first-order chi connectivity index (χ1) is 12.9. The fourth-order valence-corrected chi connectivity index (χ4v) is 3.47. The molecule has 1 aliphatic carbocycles. The fraction of sp³-hybridized carbons (Fsp3) is 0.333. The second-order valence-electron chi connectivity index (χ2n) is 6.43.